The van der Waals surface area contributed by atoms with E-state index in [0.717, 1.165) is 23.7 Å². The van der Waals surface area contributed by atoms with E-state index in [1.54, 1.807) is 18.4 Å². The predicted octanol–water partition coefficient (Wildman–Crippen LogP) is 3.22. The molecule has 3 nitrogen and oxygen atoms in total. The van der Waals surface area contributed by atoms with Crippen LogP contribution in [0, 0.1) is 0 Å². The Balaban J connectivity index is 1.86. The molecule has 1 heterocycles. The maximum Gasteiger partial charge on any atom is 0.118 e. The first kappa shape index (κ1) is 14.0. The number of thiazole rings is 1. The molecule has 0 aliphatic rings. The van der Waals surface area contributed by atoms with Crippen molar-refractivity contribution in [3.05, 3.63) is 46.4 Å². The Morgan fingerprint density at radius 1 is 1.26 bits per heavy atom. The molecule has 0 amide bonds. The van der Waals surface area contributed by atoms with Gasteiger partial charge in [-0.1, -0.05) is 12.1 Å². The van der Waals surface area contributed by atoms with Gasteiger partial charge in [-0.2, -0.15) is 0 Å². The lowest BCUT2D eigenvalue weighted by Gasteiger charge is -2.23. The summed E-state index contributed by atoms with van der Waals surface area (Å²) in [4.78, 5) is 4.38. The third-order valence-corrected chi connectivity index (χ3v) is 4.20. The number of hydrogen-bond donors (Lipinski definition) is 1. The monoisotopic (exact) mass is 276 g/mol. The van der Waals surface area contributed by atoms with Crippen molar-refractivity contribution in [1.82, 2.24) is 10.3 Å². The van der Waals surface area contributed by atoms with E-state index >= 15 is 0 Å². The van der Waals surface area contributed by atoms with E-state index in [2.05, 4.69) is 36.3 Å². The van der Waals surface area contributed by atoms with Gasteiger partial charge in [-0.05, 0) is 38.0 Å². The average Bonchev–Trinajstić information content (AvgIpc) is 2.94. The molecule has 19 heavy (non-hydrogen) atoms. The average molecular weight is 276 g/mol. The molecule has 2 rings (SSSR count). The van der Waals surface area contributed by atoms with Crippen LogP contribution in [-0.2, 0) is 12.0 Å². The van der Waals surface area contributed by atoms with Crippen molar-refractivity contribution in [1.29, 1.82) is 0 Å². The lowest BCUT2D eigenvalue weighted by molar-refractivity contribution is 0.404. The lowest BCUT2D eigenvalue weighted by Crippen LogP contribution is -2.37. The highest BCUT2D eigenvalue weighted by Gasteiger charge is 2.21. The predicted molar refractivity (Wildman–Crippen MR) is 79.8 cm³/mol. The van der Waals surface area contributed by atoms with Gasteiger partial charge >= 0.3 is 0 Å². The number of benzene rings is 1. The molecule has 2 aromatic rings. The molecule has 102 valence electrons. The Bertz CT molecular complexity index is 491. The molecule has 0 aliphatic carbocycles. The van der Waals surface area contributed by atoms with Gasteiger partial charge in [0.25, 0.3) is 0 Å². The van der Waals surface area contributed by atoms with Crippen LogP contribution in [0.1, 0.15) is 24.4 Å². The van der Waals surface area contributed by atoms with Crippen molar-refractivity contribution in [2.45, 2.75) is 25.8 Å². The van der Waals surface area contributed by atoms with Gasteiger partial charge in [-0.3, -0.25) is 0 Å². The standard InChI is InChI=1S/C15H20N2OS/c1-15(2,14-16-10-11-19-14)17-9-8-12-4-6-13(18-3)7-5-12/h4-7,10-11,17H,8-9H2,1-3H3. The molecule has 1 aromatic carbocycles. The fourth-order valence-corrected chi connectivity index (χ4v) is 2.66. The highest BCUT2D eigenvalue weighted by molar-refractivity contribution is 7.09. The van der Waals surface area contributed by atoms with Gasteiger partial charge < -0.3 is 10.1 Å². The van der Waals surface area contributed by atoms with Gasteiger partial charge in [-0.25, -0.2) is 4.98 Å². The van der Waals surface area contributed by atoms with Crippen molar-refractivity contribution in [3.8, 4) is 5.75 Å². The fraction of sp³-hybridized carbons (Fsp3) is 0.400. The van der Waals surface area contributed by atoms with Crippen molar-refractivity contribution in [3.63, 3.8) is 0 Å². The first-order valence-corrected chi connectivity index (χ1v) is 7.28. The van der Waals surface area contributed by atoms with Crippen LogP contribution >= 0.6 is 11.3 Å². The highest BCUT2D eigenvalue weighted by atomic mass is 32.1. The maximum absolute atomic E-state index is 5.15. The molecule has 1 aromatic heterocycles. The molecule has 0 aliphatic heterocycles. The minimum atomic E-state index is -0.0688. The Hall–Kier alpha value is -1.39. The van der Waals surface area contributed by atoms with Crippen LogP contribution in [0.5, 0.6) is 5.75 Å². The molecule has 0 saturated carbocycles. The van der Waals surface area contributed by atoms with E-state index in [9.17, 15) is 0 Å². The molecule has 0 unspecified atom stereocenters. The summed E-state index contributed by atoms with van der Waals surface area (Å²) in [6, 6.07) is 8.22. The third-order valence-electron chi connectivity index (χ3n) is 3.11. The first-order chi connectivity index (χ1) is 9.12. The van der Waals surface area contributed by atoms with Crippen LogP contribution in [0.25, 0.3) is 0 Å². The highest BCUT2D eigenvalue weighted by Crippen LogP contribution is 2.21. The number of aromatic nitrogens is 1. The molecule has 0 radical (unpaired) electrons. The Kier molecular flexibility index (Phi) is 4.56. The molecular formula is C15H20N2OS. The van der Waals surface area contributed by atoms with Gasteiger partial charge in [0.2, 0.25) is 0 Å². The van der Waals surface area contributed by atoms with Crippen LogP contribution in [0.15, 0.2) is 35.8 Å². The van der Waals surface area contributed by atoms with Crippen LogP contribution in [-0.4, -0.2) is 18.6 Å². The van der Waals surface area contributed by atoms with Gasteiger partial charge in [0.05, 0.1) is 12.6 Å². The van der Waals surface area contributed by atoms with Gasteiger partial charge in [0.1, 0.15) is 10.8 Å². The summed E-state index contributed by atoms with van der Waals surface area (Å²) in [6.45, 7) is 5.26. The summed E-state index contributed by atoms with van der Waals surface area (Å²) in [7, 11) is 1.69. The summed E-state index contributed by atoms with van der Waals surface area (Å²) in [5, 5.41) is 6.70. The Morgan fingerprint density at radius 3 is 2.58 bits per heavy atom. The van der Waals surface area contributed by atoms with Crippen LogP contribution in [0.3, 0.4) is 0 Å². The first-order valence-electron chi connectivity index (χ1n) is 6.40. The number of rotatable bonds is 6. The van der Waals surface area contributed by atoms with Crippen molar-refractivity contribution in [2.75, 3.05) is 13.7 Å². The van der Waals surface area contributed by atoms with E-state index in [1.807, 2.05) is 23.7 Å². The minimum absolute atomic E-state index is 0.0688. The summed E-state index contributed by atoms with van der Waals surface area (Å²) in [6.07, 6.45) is 2.85. The molecule has 4 heteroatoms. The second kappa shape index (κ2) is 6.17. The van der Waals surface area contributed by atoms with Crippen LogP contribution in [0.2, 0.25) is 0 Å². The fourth-order valence-electron chi connectivity index (χ4n) is 1.92. The van der Waals surface area contributed by atoms with E-state index in [0.29, 0.717) is 0 Å². The van der Waals surface area contributed by atoms with Crippen molar-refractivity contribution < 1.29 is 4.74 Å². The van der Waals surface area contributed by atoms with E-state index in [4.69, 9.17) is 4.74 Å². The smallest absolute Gasteiger partial charge is 0.118 e. The second-order valence-electron chi connectivity index (χ2n) is 4.99. The number of methoxy groups -OCH3 is 1. The minimum Gasteiger partial charge on any atom is -0.497 e. The second-order valence-corrected chi connectivity index (χ2v) is 5.88. The largest absolute Gasteiger partial charge is 0.497 e. The molecule has 0 fully saturated rings. The van der Waals surface area contributed by atoms with Crippen molar-refractivity contribution >= 4 is 11.3 Å². The van der Waals surface area contributed by atoms with Crippen molar-refractivity contribution in [2.24, 2.45) is 0 Å². The maximum atomic E-state index is 5.15. The molecule has 0 saturated heterocycles. The molecule has 0 atom stereocenters. The summed E-state index contributed by atoms with van der Waals surface area (Å²) in [5.41, 5.74) is 1.24. The summed E-state index contributed by atoms with van der Waals surface area (Å²) in [5.74, 6) is 0.903. The zero-order valence-corrected chi connectivity index (χ0v) is 12.5. The molecule has 0 spiro atoms. The Morgan fingerprint density at radius 2 is 2.00 bits per heavy atom. The number of ether oxygens (including phenoxy) is 1. The molecule has 1 N–H and O–H groups in total. The normalized spacial score (nSPS) is 11.5. The quantitative estimate of drug-likeness (QED) is 0.879. The van der Waals surface area contributed by atoms with E-state index < -0.39 is 0 Å². The molecular weight excluding hydrogens is 256 g/mol. The van der Waals surface area contributed by atoms with E-state index in [-0.39, 0.29) is 5.54 Å². The van der Waals surface area contributed by atoms with Gasteiger partial charge in [-0.15, -0.1) is 11.3 Å². The zero-order valence-electron chi connectivity index (χ0n) is 11.6. The summed E-state index contributed by atoms with van der Waals surface area (Å²) >= 11 is 1.69. The number of nitrogens with zero attached hydrogens (tertiary/aromatic N) is 1. The van der Waals surface area contributed by atoms with Crippen LogP contribution in [0.4, 0.5) is 0 Å². The summed E-state index contributed by atoms with van der Waals surface area (Å²) < 4.78 is 5.15. The van der Waals surface area contributed by atoms with Gasteiger partial charge in [0, 0.05) is 18.1 Å². The Labute approximate surface area is 118 Å². The van der Waals surface area contributed by atoms with E-state index in [1.165, 1.54) is 5.56 Å². The van der Waals surface area contributed by atoms with Crippen LogP contribution < -0.4 is 10.1 Å². The molecule has 0 bridgehead atoms. The van der Waals surface area contributed by atoms with Gasteiger partial charge in [0.15, 0.2) is 0 Å². The number of nitrogens with one attached hydrogen (secondary N) is 1. The number of hydrogen-bond acceptors (Lipinski definition) is 4. The zero-order chi connectivity index (χ0) is 13.7. The third kappa shape index (κ3) is 3.78. The lowest BCUT2D eigenvalue weighted by atomic mass is 10.1. The SMILES string of the molecule is COc1ccc(CCNC(C)(C)c2nccs2)cc1. The topological polar surface area (TPSA) is 34.1 Å².